The van der Waals surface area contributed by atoms with Gasteiger partial charge in [0.2, 0.25) is 0 Å². The zero-order valence-corrected chi connectivity index (χ0v) is 12.1. The second-order valence-electron chi connectivity index (χ2n) is 5.71. The Morgan fingerprint density at radius 2 is 1.95 bits per heavy atom. The predicted octanol–water partition coefficient (Wildman–Crippen LogP) is 3.43. The highest BCUT2D eigenvalue weighted by molar-refractivity contribution is 4.83. The number of halogens is 3. The van der Waals surface area contributed by atoms with Crippen molar-refractivity contribution in [2.24, 2.45) is 5.92 Å². The van der Waals surface area contributed by atoms with Gasteiger partial charge in [-0.3, -0.25) is 0 Å². The number of rotatable bonds is 8. The van der Waals surface area contributed by atoms with E-state index in [2.05, 4.69) is 12.2 Å². The second kappa shape index (κ2) is 8.10. The Morgan fingerprint density at radius 1 is 1.21 bits per heavy atom. The number of nitrogens with zero attached hydrogens (tertiary/aromatic N) is 1. The minimum absolute atomic E-state index is 0.114. The van der Waals surface area contributed by atoms with Crippen LogP contribution < -0.4 is 5.32 Å². The first-order valence-corrected chi connectivity index (χ1v) is 7.41. The number of nitrogens with one attached hydrogen (secondary N) is 1. The van der Waals surface area contributed by atoms with E-state index in [1.54, 1.807) is 7.05 Å². The Labute approximate surface area is 114 Å². The largest absolute Gasteiger partial charge is 0.390 e. The molecule has 0 aromatic carbocycles. The molecule has 0 bridgehead atoms. The smallest absolute Gasteiger partial charge is 0.314 e. The first kappa shape index (κ1) is 16.8. The molecule has 2 atom stereocenters. The summed E-state index contributed by atoms with van der Waals surface area (Å²) in [5.74, 6) is 0.639. The third kappa shape index (κ3) is 7.16. The van der Waals surface area contributed by atoms with Gasteiger partial charge in [0.05, 0.1) is 6.42 Å². The minimum atomic E-state index is -4.03. The zero-order valence-electron chi connectivity index (χ0n) is 12.1. The molecule has 114 valence electrons. The Hall–Kier alpha value is -0.290. The summed E-state index contributed by atoms with van der Waals surface area (Å²) in [4.78, 5) is 1.81. The fraction of sp³-hybridized carbons (Fsp3) is 1.00. The molecule has 2 unspecified atom stereocenters. The first-order valence-electron chi connectivity index (χ1n) is 7.41. The molecule has 1 N–H and O–H groups in total. The summed E-state index contributed by atoms with van der Waals surface area (Å²) in [6.07, 6.45) is 1.09. The van der Waals surface area contributed by atoms with Crippen LogP contribution in [-0.4, -0.2) is 43.8 Å². The molecule has 1 aliphatic rings. The number of hydrogen-bond donors (Lipinski definition) is 1. The number of alkyl halides is 3. The van der Waals surface area contributed by atoms with Gasteiger partial charge in [-0.15, -0.1) is 0 Å². The second-order valence-corrected chi connectivity index (χ2v) is 5.71. The average molecular weight is 280 g/mol. The third-order valence-corrected chi connectivity index (χ3v) is 3.97. The lowest BCUT2D eigenvalue weighted by molar-refractivity contribution is -0.137. The molecule has 2 nitrogen and oxygen atoms in total. The summed E-state index contributed by atoms with van der Waals surface area (Å²) < 4.78 is 36.4. The summed E-state index contributed by atoms with van der Waals surface area (Å²) in [6, 6.07) is 0.580. The molecule has 0 radical (unpaired) electrons. The zero-order chi connectivity index (χ0) is 14.3. The molecule has 0 amide bonds. The van der Waals surface area contributed by atoms with Crippen LogP contribution >= 0.6 is 0 Å². The molecule has 0 heterocycles. The maximum Gasteiger partial charge on any atom is 0.390 e. The van der Waals surface area contributed by atoms with Gasteiger partial charge in [-0.25, -0.2) is 0 Å². The number of hydrogen-bond acceptors (Lipinski definition) is 2. The van der Waals surface area contributed by atoms with Crippen LogP contribution in [0.3, 0.4) is 0 Å². The molecule has 1 saturated carbocycles. The van der Waals surface area contributed by atoms with Gasteiger partial charge in [0.15, 0.2) is 0 Å². The Balaban J connectivity index is 2.19. The van der Waals surface area contributed by atoms with Crippen LogP contribution in [0.15, 0.2) is 0 Å². The predicted molar refractivity (Wildman–Crippen MR) is 72.2 cm³/mol. The normalized spacial score (nSPS) is 24.3. The highest BCUT2D eigenvalue weighted by atomic mass is 19.4. The molecule has 0 spiro atoms. The van der Waals surface area contributed by atoms with Crippen LogP contribution in [-0.2, 0) is 0 Å². The molecule has 1 rings (SSSR count). The molecular weight excluding hydrogens is 253 g/mol. The highest BCUT2D eigenvalue weighted by Crippen LogP contribution is 2.28. The fourth-order valence-electron chi connectivity index (χ4n) is 2.80. The van der Waals surface area contributed by atoms with E-state index >= 15 is 0 Å². The van der Waals surface area contributed by atoms with Crippen molar-refractivity contribution in [2.75, 3.05) is 26.7 Å². The van der Waals surface area contributed by atoms with Crippen LogP contribution in [0.1, 0.15) is 45.4 Å². The van der Waals surface area contributed by atoms with Crippen LogP contribution in [0.2, 0.25) is 0 Å². The van der Waals surface area contributed by atoms with Gasteiger partial charge in [0.25, 0.3) is 0 Å². The van der Waals surface area contributed by atoms with Crippen molar-refractivity contribution >= 4 is 0 Å². The van der Waals surface area contributed by atoms with Gasteiger partial charge in [0, 0.05) is 12.6 Å². The van der Waals surface area contributed by atoms with Gasteiger partial charge in [0.1, 0.15) is 0 Å². The Bertz CT molecular complexity index is 243. The molecule has 5 heteroatoms. The average Bonchev–Trinajstić information content (AvgIpc) is 2.77. The van der Waals surface area contributed by atoms with Crippen LogP contribution in [0.25, 0.3) is 0 Å². The Kier molecular flexibility index (Phi) is 7.15. The van der Waals surface area contributed by atoms with Gasteiger partial charge in [-0.1, -0.05) is 13.3 Å². The van der Waals surface area contributed by atoms with Crippen molar-refractivity contribution in [1.29, 1.82) is 0 Å². The highest BCUT2D eigenvalue weighted by Gasteiger charge is 2.28. The van der Waals surface area contributed by atoms with E-state index in [-0.39, 0.29) is 6.54 Å². The van der Waals surface area contributed by atoms with Crippen molar-refractivity contribution in [2.45, 2.75) is 57.7 Å². The van der Waals surface area contributed by atoms with Gasteiger partial charge < -0.3 is 10.2 Å². The summed E-state index contributed by atoms with van der Waals surface area (Å²) in [6.45, 7) is 4.08. The molecule has 19 heavy (non-hydrogen) atoms. The van der Waals surface area contributed by atoms with E-state index in [4.69, 9.17) is 0 Å². The topological polar surface area (TPSA) is 15.3 Å². The SMILES string of the molecule is CCCNC1CCCC1CCN(C)CCC(F)(F)F. The van der Waals surface area contributed by atoms with Crippen molar-refractivity contribution in [3.63, 3.8) is 0 Å². The van der Waals surface area contributed by atoms with Crippen LogP contribution in [0.4, 0.5) is 13.2 Å². The molecule has 0 aromatic rings. The molecule has 1 fully saturated rings. The van der Waals surface area contributed by atoms with Crippen molar-refractivity contribution < 1.29 is 13.2 Å². The van der Waals surface area contributed by atoms with Crippen molar-refractivity contribution in [1.82, 2.24) is 10.2 Å². The van der Waals surface area contributed by atoms with E-state index in [0.29, 0.717) is 12.0 Å². The van der Waals surface area contributed by atoms with E-state index in [1.165, 1.54) is 19.3 Å². The maximum atomic E-state index is 12.1. The summed E-state index contributed by atoms with van der Waals surface area (Å²) in [5, 5.41) is 3.56. The van der Waals surface area contributed by atoms with E-state index in [0.717, 1.165) is 25.9 Å². The van der Waals surface area contributed by atoms with Crippen LogP contribution in [0, 0.1) is 5.92 Å². The summed E-state index contributed by atoms with van der Waals surface area (Å²) in [7, 11) is 1.79. The van der Waals surface area contributed by atoms with Gasteiger partial charge in [-0.2, -0.15) is 13.2 Å². The lowest BCUT2D eigenvalue weighted by atomic mass is 9.99. The quantitative estimate of drug-likeness (QED) is 0.733. The standard InChI is InChI=1S/C14H27F3N2/c1-3-9-18-13-6-4-5-12(13)7-10-19(2)11-8-14(15,16)17/h12-13,18H,3-11H2,1-2H3. The fourth-order valence-corrected chi connectivity index (χ4v) is 2.80. The Morgan fingerprint density at radius 3 is 2.58 bits per heavy atom. The molecule has 1 aliphatic carbocycles. The van der Waals surface area contributed by atoms with E-state index in [1.807, 2.05) is 4.90 Å². The molecular formula is C14H27F3N2. The van der Waals surface area contributed by atoms with E-state index in [9.17, 15) is 13.2 Å². The van der Waals surface area contributed by atoms with E-state index < -0.39 is 12.6 Å². The molecule has 0 saturated heterocycles. The monoisotopic (exact) mass is 280 g/mol. The maximum absolute atomic E-state index is 12.1. The lowest BCUT2D eigenvalue weighted by Gasteiger charge is -2.24. The van der Waals surface area contributed by atoms with Crippen LogP contribution in [0.5, 0.6) is 0 Å². The third-order valence-electron chi connectivity index (χ3n) is 3.97. The first-order chi connectivity index (χ1) is 8.92. The molecule has 0 aliphatic heterocycles. The summed E-state index contributed by atoms with van der Waals surface area (Å²) >= 11 is 0. The summed E-state index contributed by atoms with van der Waals surface area (Å²) in [5.41, 5.74) is 0. The van der Waals surface area contributed by atoms with Crippen molar-refractivity contribution in [3.05, 3.63) is 0 Å². The van der Waals surface area contributed by atoms with Gasteiger partial charge in [-0.05, 0) is 51.7 Å². The van der Waals surface area contributed by atoms with Gasteiger partial charge >= 0.3 is 6.18 Å². The van der Waals surface area contributed by atoms with Crippen molar-refractivity contribution in [3.8, 4) is 0 Å². The lowest BCUT2D eigenvalue weighted by Crippen LogP contribution is -2.35. The minimum Gasteiger partial charge on any atom is -0.314 e. The molecule has 0 aromatic heterocycles.